The van der Waals surface area contributed by atoms with Gasteiger partial charge in [0.25, 0.3) is 0 Å². The third-order valence-electron chi connectivity index (χ3n) is 4.00. The monoisotopic (exact) mass is 319 g/mol. The SMILES string of the molecule is CCN(CC)CCCC(C)NC(=NC)NCc1cccc(C)n1. The lowest BCUT2D eigenvalue weighted by Crippen LogP contribution is -2.42. The molecule has 0 saturated carbocycles. The van der Waals surface area contributed by atoms with Gasteiger partial charge >= 0.3 is 0 Å². The van der Waals surface area contributed by atoms with Gasteiger partial charge < -0.3 is 15.5 Å². The van der Waals surface area contributed by atoms with Gasteiger partial charge in [0.15, 0.2) is 5.96 Å². The fraction of sp³-hybridized carbons (Fsp3) is 0.667. The van der Waals surface area contributed by atoms with Crippen molar-refractivity contribution >= 4 is 5.96 Å². The highest BCUT2D eigenvalue weighted by Gasteiger charge is 2.07. The minimum absolute atomic E-state index is 0.405. The smallest absolute Gasteiger partial charge is 0.191 e. The second-order valence-electron chi connectivity index (χ2n) is 5.91. The molecule has 0 bridgehead atoms. The summed E-state index contributed by atoms with van der Waals surface area (Å²) < 4.78 is 0. The number of aliphatic imine (C=N–C) groups is 1. The lowest BCUT2D eigenvalue weighted by Gasteiger charge is -2.21. The average molecular weight is 319 g/mol. The minimum atomic E-state index is 0.405. The number of hydrogen-bond donors (Lipinski definition) is 2. The van der Waals surface area contributed by atoms with Crippen molar-refractivity contribution in [3.05, 3.63) is 29.6 Å². The molecule has 1 aromatic rings. The minimum Gasteiger partial charge on any atom is -0.354 e. The topological polar surface area (TPSA) is 52.5 Å². The zero-order valence-corrected chi connectivity index (χ0v) is 15.4. The standard InChI is InChI=1S/C18H33N5/c1-6-23(7-2)13-9-11-16(4)22-18(19-5)20-14-17-12-8-10-15(3)21-17/h8,10,12,16H,6-7,9,11,13-14H2,1-5H3,(H2,19,20,22). The maximum atomic E-state index is 4.50. The van der Waals surface area contributed by atoms with Gasteiger partial charge in [-0.1, -0.05) is 19.9 Å². The van der Waals surface area contributed by atoms with Gasteiger partial charge in [0, 0.05) is 18.8 Å². The molecule has 0 radical (unpaired) electrons. The first-order valence-electron chi connectivity index (χ1n) is 8.71. The van der Waals surface area contributed by atoms with Crippen molar-refractivity contribution < 1.29 is 0 Å². The van der Waals surface area contributed by atoms with Gasteiger partial charge in [-0.25, -0.2) is 0 Å². The third-order valence-corrected chi connectivity index (χ3v) is 4.00. The quantitative estimate of drug-likeness (QED) is 0.542. The molecule has 1 atom stereocenters. The summed E-state index contributed by atoms with van der Waals surface area (Å²) in [6.45, 7) is 12.8. The highest BCUT2D eigenvalue weighted by Crippen LogP contribution is 2.00. The van der Waals surface area contributed by atoms with E-state index >= 15 is 0 Å². The number of nitrogens with zero attached hydrogens (tertiary/aromatic N) is 3. The molecule has 0 aliphatic heterocycles. The molecule has 0 amide bonds. The molecule has 0 saturated heterocycles. The highest BCUT2D eigenvalue weighted by atomic mass is 15.2. The van der Waals surface area contributed by atoms with E-state index in [1.165, 1.54) is 6.42 Å². The van der Waals surface area contributed by atoms with E-state index < -0.39 is 0 Å². The van der Waals surface area contributed by atoms with Gasteiger partial charge in [0.2, 0.25) is 0 Å². The number of nitrogens with one attached hydrogen (secondary N) is 2. The molecule has 1 unspecified atom stereocenters. The van der Waals surface area contributed by atoms with E-state index in [9.17, 15) is 0 Å². The van der Waals surface area contributed by atoms with Crippen LogP contribution in [0, 0.1) is 6.92 Å². The summed E-state index contributed by atoms with van der Waals surface area (Å²) in [4.78, 5) is 11.3. The first kappa shape index (κ1) is 19.4. The van der Waals surface area contributed by atoms with Crippen LogP contribution in [-0.4, -0.2) is 48.6 Å². The summed E-state index contributed by atoms with van der Waals surface area (Å²) in [5.41, 5.74) is 2.07. The van der Waals surface area contributed by atoms with Gasteiger partial charge in [-0.05, 0) is 58.5 Å². The largest absolute Gasteiger partial charge is 0.354 e. The van der Waals surface area contributed by atoms with Gasteiger partial charge in [0.05, 0.1) is 12.2 Å². The van der Waals surface area contributed by atoms with Crippen molar-refractivity contribution in [2.45, 2.75) is 53.1 Å². The Morgan fingerprint density at radius 2 is 2.04 bits per heavy atom. The van der Waals surface area contributed by atoms with E-state index in [-0.39, 0.29) is 0 Å². The van der Waals surface area contributed by atoms with Crippen LogP contribution in [0.25, 0.3) is 0 Å². The molecule has 2 N–H and O–H groups in total. The Morgan fingerprint density at radius 1 is 1.30 bits per heavy atom. The van der Waals surface area contributed by atoms with Crippen molar-refractivity contribution in [1.29, 1.82) is 0 Å². The second-order valence-corrected chi connectivity index (χ2v) is 5.91. The van der Waals surface area contributed by atoms with Gasteiger partial charge in [-0.15, -0.1) is 0 Å². The Balaban J connectivity index is 2.32. The summed E-state index contributed by atoms with van der Waals surface area (Å²) in [6.07, 6.45) is 2.34. The summed E-state index contributed by atoms with van der Waals surface area (Å²) in [7, 11) is 1.81. The summed E-state index contributed by atoms with van der Waals surface area (Å²) in [5, 5.41) is 6.79. The van der Waals surface area contributed by atoms with Crippen LogP contribution in [0.15, 0.2) is 23.2 Å². The van der Waals surface area contributed by atoms with Gasteiger partial charge in [-0.2, -0.15) is 0 Å². The van der Waals surface area contributed by atoms with Crippen molar-refractivity contribution in [2.24, 2.45) is 4.99 Å². The summed E-state index contributed by atoms with van der Waals surface area (Å²) in [5.74, 6) is 0.837. The number of hydrogen-bond acceptors (Lipinski definition) is 3. The first-order chi connectivity index (χ1) is 11.1. The fourth-order valence-corrected chi connectivity index (χ4v) is 2.53. The number of aromatic nitrogens is 1. The molecule has 5 nitrogen and oxygen atoms in total. The number of guanidine groups is 1. The number of aryl methyl sites for hydroxylation is 1. The molecule has 0 aliphatic rings. The second kappa shape index (κ2) is 11.0. The first-order valence-corrected chi connectivity index (χ1v) is 8.71. The summed E-state index contributed by atoms with van der Waals surface area (Å²) in [6, 6.07) is 6.47. The van der Waals surface area contributed by atoms with Crippen LogP contribution in [0.4, 0.5) is 0 Å². The molecular formula is C18H33N5. The normalized spacial score (nSPS) is 13.2. The average Bonchev–Trinajstić information content (AvgIpc) is 2.55. The molecule has 5 heteroatoms. The van der Waals surface area contributed by atoms with Crippen molar-refractivity contribution in [3.63, 3.8) is 0 Å². The molecule has 1 heterocycles. The number of pyridine rings is 1. The van der Waals surface area contributed by atoms with E-state index in [4.69, 9.17) is 0 Å². The van der Waals surface area contributed by atoms with Crippen molar-refractivity contribution in [1.82, 2.24) is 20.5 Å². The van der Waals surface area contributed by atoms with E-state index in [0.717, 1.165) is 43.4 Å². The molecule has 0 fully saturated rings. The molecule has 130 valence electrons. The van der Waals surface area contributed by atoms with Crippen LogP contribution in [0.3, 0.4) is 0 Å². The predicted octanol–water partition coefficient (Wildman–Crippen LogP) is 2.57. The van der Waals surface area contributed by atoms with Crippen LogP contribution in [0.2, 0.25) is 0 Å². The lowest BCUT2D eigenvalue weighted by molar-refractivity contribution is 0.292. The maximum absolute atomic E-state index is 4.50. The van der Waals surface area contributed by atoms with E-state index in [1.807, 2.05) is 32.2 Å². The van der Waals surface area contributed by atoms with Gasteiger partial charge in [-0.3, -0.25) is 9.98 Å². The Bertz CT molecular complexity index is 468. The van der Waals surface area contributed by atoms with E-state index in [1.54, 1.807) is 0 Å². The Morgan fingerprint density at radius 3 is 2.65 bits per heavy atom. The molecule has 0 spiro atoms. The van der Waals surface area contributed by atoms with Crippen molar-refractivity contribution in [3.8, 4) is 0 Å². The Labute approximate surface area is 141 Å². The lowest BCUT2D eigenvalue weighted by atomic mass is 10.2. The predicted molar refractivity (Wildman–Crippen MR) is 98.8 cm³/mol. The van der Waals surface area contributed by atoms with E-state index in [0.29, 0.717) is 12.6 Å². The van der Waals surface area contributed by atoms with Crippen LogP contribution in [0.5, 0.6) is 0 Å². The van der Waals surface area contributed by atoms with Crippen LogP contribution < -0.4 is 10.6 Å². The molecule has 1 aromatic heterocycles. The van der Waals surface area contributed by atoms with Gasteiger partial charge in [0.1, 0.15) is 0 Å². The Hall–Kier alpha value is -1.62. The molecule has 0 aromatic carbocycles. The number of rotatable bonds is 9. The molecule has 0 aliphatic carbocycles. The summed E-state index contributed by atoms with van der Waals surface area (Å²) >= 11 is 0. The van der Waals surface area contributed by atoms with Crippen LogP contribution >= 0.6 is 0 Å². The van der Waals surface area contributed by atoms with Crippen LogP contribution in [0.1, 0.15) is 45.0 Å². The zero-order valence-electron chi connectivity index (χ0n) is 15.4. The molecule has 1 rings (SSSR count). The third kappa shape index (κ3) is 7.98. The Kier molecular flexibility index (Phi) is 9.29. The molecule has 23 heavy (non-hydrogen) atoms. The highest BCUT2D eigenvalue weighted by molar-refractivity contribution is 5.79. The zero-order chi connectivity index (χ0) is 17.1. The molecular weight excluding hydrogens is 286 g/mol. The fourth-order valence-electron chi connectivity index (χ4n) is 2.53. The van der Waals surface area contributed by atoms with Crippen molar-refractivity contribution in [2.75, 3.05) is 26.7 Å². The van der Waals surface area contributed by atoms with E-state index in [2.05, 4.69) is 46.3 Å². The van der Waals surface area contributed by atoms with Crippen LogP contribution in [-0.2, 0) is 6.54 Å². The maximum Gasteiger partial charge on any atom is 0.191 e.